The summed E-state index contributed by atoms with van der Waals surface area (Å²) in [6.07, 6.45) is 3.25. The molecule has 1 heterocycles. The average molecular weight is 136 g/mol. The molecule has 0 radical (unpaired) electrons. The van der Waals surface area contributed by atoms with Gasteiger partial charge < -0.3 is 14.3 Å². The van der Waals surface area contributed by atoms with E-state index in [-0.39, 0.29) is 29.6 Å². The van der Waals surface area contributed by atoms with Gasteiger partial charge in [-0.1, -0.05) is 0 Å². The van der Waals surface area contributed by atoms with E-state index in [9.17, 15) is 0 Å². The quantitative estimate of drug-likeness (QED) is 0.276. The maximum absolute atomic E-state index is 8.25. The summed E-state index contributed by atoms with van der Waals surface area (Å²) in [4.78, 5) is 8.25. The van der Waals surface area contributed by atoms with E-state index in [0.29, 0.717) is 0 Å². The molecule has 3 nitrogen and oxygen atoms in total. The second kappa shape index (κ2) is 10.7. The van der Waals surface area contributed by atoms with E-state index in [0.717, 1.165) is 0 Å². The van der Waals surface area contributed by atoms with Crippen LogP contribution in [0.1, 0.15) is 0 Å². The summed E-state index contributed by atoms with van der Waals surface area (Å²) >= 11 is 0. The maximum atomic E-state index is 8.25. The summed E-state index contributed by atoms with van der Waals surface area (Å²) in [5, 5.41) is 8.25. The van der Waals surface area contributed by atoms with Crippen LogP contribution in [0.3, 0.4) is 0 Å². The number of carbonyl (C=O) groups excluding carboxylic acids is 1. The molecule has 0 aliphatic carbocycles. The maximum Gasteiger partial charge on any atom is 1.00 e. The zero-order valence-electron chi connectivity index (χ0n) is 5.11. The van der Waals surface area contributed by atoms with E-state index in [1.54, 1.807) is 12.5 Å². The predicted octanol–water partition coefficient (Wildman–Crippen LogP) is -3.35. The van der Waals surface area contributed by atoms with Gasteiger partial charge in [0.2, 0.25) is 0 Å². The molecule has 0 spiro atoms. The van der Waals surface area contributed by atoms with Gasteiger partial charge >= 0.3 is 29.6 Å². The van der Waals surface area contributed by atoms with Crippen LogP contribution in [0.2, 0.25) is 0 Å². The number of carbonyl (C=O) groups is 1. The van der Waals surface area contributed by atoms with Crippen LogP contribution in [-0.2, 0) is 4.79 Å². The molecule has 1 rings (SSSR count). The van der Waals surface area contributed by atoms with Crippen molar-refractivity contribution in [1.82, 2.24) is 0 Å². The molecule has 1 aromatic heterocycles. The molecule has 0 aliphatic heterocycles. The van der Waals surface area contributed by atoms with Gasteiger partial charge in [-0.15, -0.1) is 0 Å². The monoisotopic (exact) mass is 136 g/mol. The third kappa shape index (κ3) is 11.4. The van der Waals surface area contributed by atoms with Gasteiger partial charge in [0.15, 0.2) is 0 Å². The number of hydrogen-bond donors (Lipinski definition) is 0. The van der Waals surface area contributed by atoms with Crippen LogP contribution in [-0.4, -0.2) is 6.47 Å². The molecule has 44 valence electrons. The summed E-state index contributed by atoms with van der Waals surface area (Å²) in [5.74, 6) is 0. The molecule has 0 N–H and O–H groups in total. The van der Waals surface area contributed by atoms with Crippen LogP contribution < -0.4 is 34.7 Å². The Balaban J connectivity index is 0. The van der Waals surface area contributed by atoms with Crippen LogP contribution in [0.15, 0.2) is 29.1 Å². The summed E-state index contributed by atoms with van der Waals surface area (Å²) < 4.78 is 4.58. The van der Waals surface area contributed by atoms with Gasteiger partial charge in [0.05, 0.1) is 12.5 Å². The second-order valence-electron chi connectivity index (χ2n) is 0.889. The van der Waals surface area contributed by atoms with Gasteiger partial charge in [-0.3, -0.25) is 0 Å². The van der Waals surface area contributed by atoms with E-state index < -0.39 is 6.47 Å². The molecule has 0 aliphatic rings. The van der Waals surface area contributed by atoms with Crippen LogP contribution in [0, 0.1) is 0 Å². The number of furan rings is 1. The molecule has 0 fully saturated rings. The first-order valence-electron chi connectivity index (χ1n) is 1.94. The van der Waals surface area contributed by atoms with Gasteiger partial charge in [0, 0.05) is 6.47 Å². The van der Waals surface area contributed by atoms with Crippen molar-refractivity contribution in [3.63, 3.8) is 0 Å². The van der Waals surface area contributed by atoms with Crippen molar-refractivity contribution in [3.8, 4) is 0 Å². The standard InChI is InChI=1S/C4H4O.CH2O2.Na/c1-2-4-5-3-1;2-1-3;/h1-4H;1H,(H,2,3);/q;;+1/p-1. The first-order valence-corrected chi connectivity index (χ1v) is 1.94. The van der Waals surface area contributed by atoms with Crippen LogP contribution in [0.5, 0.6) is 0 Å². The molecule has 0 amide bonds. The normalized spacial score (nSPS) is 5.78. The SMILES string of the molecule is O=C[O-].[Na+].c1ccoc1. The number of carboxylic acid groups (broad SMARTS) is 1. The summed E-state index contributed by atoms with van der Waals surface area (Å²) in [5.41, 5.74) is 0. The van der Waals surface area contributed by atoms with Gasteiger partial charge in [0.1, 0.15) is 0 Å². The molecule has 0 unspecified atom stereocenters. The van der Waals surface area contributed by atoms with E-state index in [1.807, 2.05) is 12.1 Å². The molecular weight excluding hydrogens is 131 g/mol. The van der Waals surface area contributed by atoms with E-state index in [4.69, 9.17) is 9.90 Å². The Hall–Kier alpha value is -0.250. The molecule has 1 aromatic rings. The Morgan fingerprint density at radius 2 is 1.67 bits per heavy atom. The van der Waals surface area contributed by atoms with Crippen molar-refractivity contribution in [2.45, 2.75) is 0 Å². The second-order valence-corrected chi connectivity index (χ2v) is 0.889. The Kier molecular flexibility index (Phi) is 13.7. The molecule has 9 heavy (non-hydrogen) atoms. The zero-order chi connectivity index (χ0) is 6.24. The zero-order valence-corrected chi connectivity index (χ0v) is 7.11. The molecule has 0 bridgehead atoms. The van der Waals surface area contributed by atoms with E-state index in [2.05, 4.69) is 4.42 Å². The van der Waals surface area contributed by atoms with Gasteiger partial charge in [-0.2, -0.15) is 0 Å². The van der Waals surface area contributed by atoms with Gasteiger partial charge in [0.25, 0.3) is 0 Å². The molecule has 0 saturated carbocycles. The molecule has 0 saturated heterocycles. The summed E-state index contributed by atoms with van der Waals surface area (Å²) in [6.45, 7) is -0.500. The fraction of sp³-hybridized carbons (Fsp3) is 0. The third-order valence-corrected chi connectivity index (χ3v) is 0.425. The van der Waals surface area contributed by atoms with Crippen molar-refractivity contribution >= 4 is 6.47 Å². The molecule has 4 heteroatoms. The van der Waals surface area contributed by atoms with Crippen molar-refractivity contribution in [3.05, 3.63) is 24.7 Å². The fourth-order valence-corrected chi connectivity index (χ4v) is 0.227. The van der Waals surface area contributed by atoms with Gasteiger partial charge in [-0.05, 0) is 12.1 Å². The van der Waals surface area contributed by atoms with Crippen molar-refractivity contribution in [2.75, 3.05) is 0 Å². The van der Waals surface area contributed by atoms with Crippen molar-refractivity contribution < 1.29 is 43.9 Å². The summed E-state index contributed by atoms with van der Waals surface area (Å²) in [6, 6.07) is 3.67. The minimum atomic E-state index is -0.500. The van der Waals surface area contributed by atoms with E-state index in [1.165, 1.54) is 0 Å². The van der Waals surface area contributed by atoms with E-state index >= 15 is 0 Å². The predicted molar refractivity (Wildman–Crippen MR) is 24.8 cm³/mol. The topological polar surface area (TPSA) is 53.3 Å². The number of hydrogen-bond acceptors (Lipinski definition) is 3. The Morgan fingerprint density at radius 1 is 1.33 bits per heavy atom. The van der Waals surface area contributed by atoms with Gasteiger partial charge in [-0.25, -0.2) is 0 Å². The first-order chi connectivity index (χ1) is 3.91. The number of rotatable bonds is 0. The molecule has 0 atom stereocenters. The van der Waals surface area contributed by atoms with Crippen LogP contribution in [0.25, 0.3) is 0 Å². The smallest absolute Gasteiger partial charge is 0.554 e. The first kappa shape index (κ1) is 11.5. The molecule has 0 aromatic carbocycles. The minimum absolute atomic E-state index is 0. The van der Waals surface area contributed by atoms with Crippen molar-refractivity contribution in [2.24, 2.45) is 0 Å². The largest absolute Gasteiger partial charge is 1.00 e. The fourth-order valence-electron chi connectivity index (χ4n) is 0.227. The minimum Gasteiger partial charge on any atom is -0.554 e. The van der Waals surface area contributed by atoms with Crippen LogP contribution in [0.4, 0.5) is 0 Å². The Labute approximate surface area is 75.0 Å². The average Bonchev–Trinajstić information content (AvgIpc) is 2.17. The molecular formula is C5H5NaO3. The van der Waals surface area contributed by atoms with Crippen molar-refractivity contribution in [1.29, 1.82) is 0 Å². The summed E-state index contributed by atoms with van der Waals surface area (Å²) in [7, 11) is 0. The third-order valence-electron chi connectivity index (χ3n) is 0.425. The Morgan fingerprint density at radius 3 is 1.78 bits per heavy atom. The Bertz CT molecular complexity index is 98.5. The van der Waals surface area contributed by atoms with Crippen LogP contribution >= 0.6 is 0 Å².